The van der Waals surface area contributed by atoms with Crippen molar-refractivity contribution in [2.24, 2.45) is 11.1 Å². The second kappa shape index (κ2) is 3.67. The van der Waals surface area contributed by atoms with Crippen LogP contribution < -0.4 is 5.73 Å². The maximum absolute atomic E-state index is 11.1. The summed E-state index contributed by atoms with van der Waals surface area (Å²) in [4.78, 5) is 2.44. The van der Waals surface area contributed by atoms with Crippen LogP contribution in [0.3, 0.4) is 0 Å². The maximum atomic E-state index is 11.1. The Morgan fingerprint density at radius 2 is 2.25 bits per heavy atom. The van der Waals surface area contributed by atoms with Crippen molar-refractivity contribution in [3.05, 3.63) is 0 Å². The number of hydrogen-bond donors (Lipinski definition) is 2. The zero-order valence-electron chi connectivity index (χ0n) is 9.82. The highest BCUT2D eigenvalue weighted by molar-refractivity contribution is 5.13. The predicted octanol–water partition coefficient (Wildman–Crippen LogP) is -0.0490. The van der Waals surface area contributed by atoms with Crippen LogP contribution in [0.2, 0.25) is 0 Å². The minimum absolute atomic E-state index is 0.184. The Kier molecular flexibility index (Phi) is 2.51. The Morgan fingerprint density at radius 1 is 1.38 bits per heavy atom. The van der Waals surface area contributed by atoms with Gasteiger partial charge in [-0.25, -0.2) is 0 Å². The van der Waals surface area contributed by atoms with Gasteiger partial charge in [0.15, 0.2) is 0 Å². The predicted molar refractivity (Wildman–Crippen MR) is 61.1 cm³/mol. The molecule has 0 amide bonds. The maximum Gasteiger partial charge on any atom is 0.0905 e. The Hall–Kier alpha value is -0.160. The van der Waals surface area contributed by atoms with Crippen LogP contribution in [0.1, 0.15) is 25.7 Å². The first kappa shape index (κ1) is 11.0. The summed E-state index contributed by atoms with van der Waals surface area (Å²) in [5.74, 6) is 0. The van der Waals surface area contributed by atoms with E-state index in [0.717, 1.165) is 39.0 Å². The van der Waals surface area contributed by atoms with Gasteiger partial charge in [-0.3, -0.25) is 4.90 Å². The summed E-state index contributed by atoms with van der Waals surface area (Å²) >= 11 is 0. The van der Waals surface area contributed by atoms with Crippen LogP contribution in [0.5, 0.6) is 0 Å². The van der Waals surface area contributed by atoms with Crippen molar-refractivity contribution in [2.45, 2.75) is 37.3 Å². The highest BCUT2D eigenvalue weighted by Gasteiger charge is 2.60. The lowest BCUT2D eigenvalue weighted by atomic mass is 9.67. The van der Waals surface area contributed by atoms with E-state index >= 15 is 0 Å². The van der Waals surface area contributed by atoms with Gasteiger partial charge >= 0.3 is 0 Å². The molecule has 0 radical (unpaired) electrons. The zero-order chi connectivity index (χ0) is 11.2. The molecule has 3 aliphatic heterocycles. The fourth-order valence-electron chi connectivity index (χ4n) is 4.02. The minimum Gasteiger partial charge on any atom is -0.387 e. The van der Waals surface area contributed by atoms with Gasteiger partial charge in [0.25, 0.3) is 0 Å². The van der Waals surface area contributed by atoms with Gasteiger partial charge in [-0.2, -0.15) is 0 Å². The van der Waals surface area contributed by atoms with Crippen LogP contribution >= 0.6 is 0 Å². The van der Waals surface area contributed by atoms with E-state index in [1.165, 1.54) is 6.42 Å². The van der Waals surface area contributed by atoms with Gasteiger partial charge in [0.1, 0.15) is 0 Å². The molecule has 92 valence electrons. The molecule has 3 N–H and O–H groups in total. The van der Waals surface area contributed by atoms with Crippen LogP contribution in [0, 0.1) is 5.41 Å². The third-order valence-electron chi connectivity index (χ3n) is 5.11. The summed E-state index contributed by atoms with van der Waals surface area (Å²) in [7, 11) is 0. The fourth-order valence-corrected chi connectivity index (χ4v) is 4.02. The first-order chi connectivity index (χ1) is 7.72. The molecule has 0 aliphatic carbocycles. The first-order valence-corrected chi connectivity index (χ1v) is 6.46. The smallest absolute Gasteiger partial charge is 0.0905 e. The third-order valence-corrected chi connectivity index (χ3v) is 5.11. The van der Waals surface area contributed by atoms with Crippen LogP contribution in [-0.2, 0) is 4.74 Å². The van der Waals surface area contributed by atoms with Crippen molar-refractivity contribution < 1.29 is 9.84 Å². The van der Waals surface area contributed by atoms with E-state index < -0.39 is 5.60 Å². The van der Waals surface area contributed by atoms with E-state index in [1.807, 2.05) is 0 Å². The van der Waals surface area contributed by atoms with Crippen molar-refractivity contribution in [1.82, 2.24) is 4.90 Å². The van der Waals surface area contributed by atoms with Crippen LogP contribution in [0.25, 0.3) is 0 Å². The number of nitrogens with two attached hydrogens (primary N) is 1. The second-order valence-corrected chi connectivity index (χ2v) is 5.66. The number of hydrogen-bond acceptors (Lipinski definition) is 4. The molecule has 3 aliphatic rings. The van der Waals surface area contributed by atoms with Gasteiger partial charge in [-0.05, 0) is 32.2 Å². The van der Waals surface area contributed by atoms with Crippen LogP contribution in [-0.4, -0.2) is 54.5 Å². The molecule has 0 aromatic carbocycles. The number of rotatable bonds is 2. The van der Waals surface area contributed by atoms with Crippen LogP contribution in [0.15, 0.2) is 0 Å². The summed E-state index contributed by atoms with van der Waals surface area (Å²) < 4.78 is 5.52. The molecule has 3 fully saturated rings. The lowest BCUT2D eigenvalue weighted by molar-refractivity contribution is -0.0985. The fraction of sp³-hybridized carbons (Fsp3) is 1.00. The minimum atomic E-state index is -0.602. The summed E-state index contributed by atoms with van der Waals surface area (Å²) in [6, 6.07) is 0.331. The Bertz CT molecular complexity index is 278. The van der Waals surface area contributed by atoms with Crippen molar-refractivity contribution in [3.63, 3.8) is 0 Å². The SMILES string of the molecule is NCC1(C2(O)CCN3CCCC32)CCOC1. The molecule has 0 bridgehead atoms. The normalized spacial score (nSPS) is 48.8. The average Bonchev–Trinajstić information content (AvgIpc) is 2.97. The van der Waals surface area contributed by atoms with E-state index in [4.69, 9.17) is 10.5 Å². The molecule has 0 aromatic heterocycles. The van der Waals surface area contributed by atoms with E-state index in [9.17, 15) is 5.11 Å². The van der Waals surface area contributed by atoms with Gasteiger partial charge in [0.05, 0.1) is 12.2 Å². The lowest BCUT2D eigenvalue weighted by Crippen LogP contribution is -2.58. The van der Waals surface area contributed by atoms with Gasteiger partial charge in [-0.15, -0.1) is 0 Å². The van der Waals surface area contributed by atoms with Gasteiger partial charge in [0.2, 0.25) is 0 Å². The molecule has 3 rings (SSSR count). The number of ether oxygens (including phenoxy) is 1. The standard InChI is InChI=1S/C12H22N2O2/c13-8-11(4-7-16-9-11)12(15)3-6-14-5-1-2-10(12)14/h10,15H,1-9,13H2. The molecule has 0 spiro atoms. The third kappa shape index (κ3) is 1.24. The van der Waals surface area contributed by atoms with Crippen LogP contribution in [0.4, 0.5) is 0 Å². The van der Waals surface area contributed by atoms with Crippen molar-refractivity contribution >= 4 is 0 Å². The van der Waals surface area contributed by atoms with Gasteiger partial charge < -0.3 is 15.6 Å². The molecule has 0 aromatic rings. The van der Waals surface area contributed by atoms with Crippen molar-refractivity contribution in [2.75, 3.05) is 32.8 Å². The molecule has 3 unspecified atom stereocenters. The highest BCUT2D eigenvalue weighted by atomic mass is 16.5. The van der Waals surface area contributed by atoms with Crippen molar-refractivity contribution in [3.8, 4) is 0 Å². The van der Waals surface area contributed by atoms with E-state index in [0.29, 0.717) is 19.2 Å². The Labute approximate surface area is 96.7 Å². The molecule has 4 heteroatoms. The Balaban J connectivity index is 1.91. The summed E-state index contributed by atoms with van der Waals surface area (Å²) in [5.41, 5.74) is 5.17. The summed E-state index contributed by atoms with van der Waals surface area (Å²) in [6.07, 6.45) is 4.13. The van der Waals surface area contributed by atoms with Gasteiger partial charge in [-0.1, -0.05) is 0 Å². The van der Waals surface area contributed by atoms with E-state index in [2.05, 4.69) is 4.90 Å². The van der Waals surface area contributed by atoms with Gasteiger partial charge in [0, 0.05) is 31.2 Å². The number of fused-ring (bicyclic) bond motifs is 1. The summed E-state index contributed by atoms with van der Waals surface area (Å²) in [5, 5.41) is 11.1. The summed E-state index contributed by atoms with van der Waals surface area (Å²) in [6.45, 7) is 4.13. The molecule has 3 atom stereocenters. The largest absolute Gasteiger partial charge is 0.387 e. The molecule has 3 saturated heterocycles. The molecule has 3 heterocycles. The quantitative estimate of drug-likeness (QED) is 0.693. The molecule has 4 nitrogen and oxygen atoms in total. The van der Waals surface area contributed by atoms with E-state index in [-0.39, 0.29) is 5.41 Å². The number of aliphatic hydroxyl groups is 1. The molecular formula is C12H22N2O2. The highest BCUT2D eigenvalue weighted by Crippen LogP contribution is 2.50. The molecule has 16 heavy (non-hydrogen) atoms. The number of nitrogens with zero attached hydrogens (tertiary/aromatic N) is 1. The monoisotopic (exact) mass is 226 g/mol. The Morgan fingerprint density at radius 3 is 2.94 bits per heavy atom. The average molecular weight is 226 g/mol. The van der Waals surface area contributed by atoms with Crippen molar-refractivity contribution in [1.29, 1.82) is 0 Å². The lowest BCUT2D eigenvalue weighted by Gasteiger charge is -2.44. The zero-order valence-corrected chi connectivity index (χ0v) is 9.82. The molecular weight excluding hydrogens is 204 g/mol. The topological polar surface area (TPSA) is 58.7 Å². The van der Waals surface area contributed by atoms with E-state index in [1.54, 1.807) is 0 Å². The molecule has 0 saturated carbocycles. The second-order valence-electron chi connectivity index (χ2n) is 5.66. The first-order valence-electron chi connectivity index (χ1n) is 6.46.